The predicted octanol–water partition coefficient (Wildman–Crippen LogP) is 3.89. The number of carbonyl (C=O) groups is 4. The molecule has 40 heavy (non-hydrogen) atoms. The molecule has 1 saturated heterocycles. The van der Waals surface area contributed by atoms with E-state index in [1.54, 1.807) is 29.8 Å². The third kappa shape index (κ3) is 8.36. The minimum absolute atomic E-state index is 0.000861. The summed E-state index contributed by atoms with van der Waals surface area (Å²) >= 11 is 0. The summed E-state index contributed by atoms with van der Waals surface area (Å²) in [5.41, 5.74) is 3.08. The molecule has 1 unspecified atom stereocenters. The number of para-hydroxylation sites is 1. The summed E-state index contributed by atoms with van der Waals surface area (Å²) < 4.78 is 5.48. The molecule has 3 N–H and O–H groups in total. The van der Waals surface area contributed by atoms with Crippen molar-refractivity contribution >= 4 is 35.3 Å². The monoisotopic (exact) mass is 553 g/mol. The smallest absolute Gasteiger partial charge is 0.323 e. The van der Waals surface area contributed by atoms with E-state index in [0.29, 0.717) is 56.9 Å². The predicted molar refractivity (Wildman–Crippen MR) is 153 cm³/mol. The van der Waals surface area contributed by atoms with Crippen LogP contribution in [-0.2, 0) is 16.0 Å². The SMILES string of the molecule is COc1cc(CCC(=O)N2CCCN(C(=O)N(C)CC(C)C(=O)O)CC2)ccc1NC(=O)Nc1ccccc1C. The first-order valence-electron chi connectivity index (χ1n) is 13.4. The van der Waals surface area contributed by atoms with Crippen LogP contribution in [0.1, 0.15) is 30.9 Å². The fourth-order valence-corrected chi connectivity index (χ4v) is 4.56. The third-order valence-corrected chi connectivity index (χ3v) is 6.95. The summed E-state index contributed by atoms with van der Waals surface area (Å²) in [5, 5.41) is 14.7. The van der Waals surface area contributed by atoms with Crippen LogP contribution in [0.15, 0.2) is 42.5 Å². The normalized spacial score (nSPS) is 14.1. The van der Waals surface area contributed by atoms with Crippen molar-refractivity contribution in [2.75, 3.05) is 57.5 Å². The molecule has 1 fully saturated rings. The number of hydrogen-bond acceptors (Lipinski definition) is 5. The van der Waals surface area contributed by atoms with E-state index in [2.05, 4.69) is 10.6 Å². The molecular formula is C29H39N5O6. The number of carboxylic acids is 1. The van der Waals surface area contributed by atoms with Gasteiger partial charge in [0, 0.05) is 51.9 Å². The van der Waals surface area contributed by atoms with Crippen LogP contribution < -0.4 is 15.4 Å². The summed E-state index contributed by atoms with van der Waals surface area (Å²) in [7, 11) is 3.13. The number of nitrogens with one attached hydrogen (secondary N) is 2. The Balaban J connectivity index is 1.51. The molecule has 0 spiro atoms. The number of carbonyl (C=O) groups excluding carboxylic acids is 3. The fraction of sp³-hybridized carbons (Fsp3) is 0.448. The Labute approximate surface area is 235 Å². The van der Waals surface area contributed by atoms with Crippen molar-refractivity contribution in [1.29, 1.82) is 0 Å². The van der Waals surface area contributed by atoms with E-state index >= 15 is 0 Å². The first-order valence-corrected chi connectivity index (χ1v) is 13.4. The molecule has 0 bridgehead atoms. The zero-order valence-electron chi connectivity index (χ0n) is 23.6. The molecule has 2 aromatic rings. The maximum absolute atomic E-state index is 13.0. The maximum atomic E-state index is 13.0. The molecular weight excluding hydrogens is 514 g/mol. The second-order valence-corrected chi connectivity index (χ2v) is 10.1. The van der Waals surface area contributed by atoms with E-state index < -0.39 is 11.9 Å². The van der Waals surface area contributed by atoms with Crippen LogP contribution in [0.3, 0.4) is 0 Å². The van der Waals surface area contributed by atoms with Crippen LogP contribution in [0, 0.1) is 12.8 Å². The Morgan fingerprint density at radius 3 is 2.38 bits per heavy atom. The fourth-order valence-electron chi connectivity index (χ4n) is 4.56. The Kier molecular flexibility index (Phi) is 10.7. The minimum Gasteiger partial charge on any atom is -0.495 e. The van der Waals surface area contributed by atoms with Crippen LogP contribution >= 0.6 is 0 Å². The molecule has 1 atom stereocenters. The topological polar surface area (TPSA) is 132 Å². The Hall–Kier alpha value is -4.28. The van der Waals surface area contributed by atoms with Crippen LogP contribution in [0.4, 0.5) is 21.0 Å². The molecule has 1 aliphatic heterocycles. The summed E-state index contributed by atoms with van der Waals surface area (Å²) in [4.78, 5) is 54.2. The Morgan fingerprint density at radius 2 is 1.68 bits per heavy atom. The number of anilines is 2. The van der Waals surface area contributed by atoms with Crippen molar-refractivity contribution in [3.63, 3.8) is 0 Å². The van der Waals surface area contributed by atoms with Gasteiger partial charge < -0.3 is 35.2 Å². The average Bonchev–Trinajstić information content (AvgIpc) is 3.19. The van der Waals surface area contributed by atoms with Crippen LogP contribution in [0.25, 0.3) is 0 Å². The van der Waals surface area contributed by atoms with Gasteiger partial charge in [-0.25, -0.2) is 9.59 Å². The molecule has 5 amide bonds. The first-order chi connectivity index (χ1) is 19.1. The van der Waals surface area contributed by atoms with Gasteiger partial charge >= 0.3 is 18.0 Å². The number of urea groups is 2. The summed E-state index contributed by atoms with van der Waals surface area (Å²) in [6.07, 6.45) is 1.45. The number of hydrogen-bond donors (Lipinski definition) is 3. The molecule has 216 valence electrons. The van der Waals surface area contributed by atoms with E-state index in [1.165, 1.54) is 12.0 Å². The van der Waals surface area contributed by atoms with E-state index in [1.807, 2.05) is 43.3 Å². The lowest BCUT2D eigenvalue weighted by Crippen LogP contribution is -2.45. The van der Waals surface area contributed by atoms with Gasteiger partial charge in [0.2, 0.25) is 5.91 Å². The van der Waals surface area contributed by atoms with Gasteiger partial charge in [-0.1, -0.05) is 31.2 Å². The van der Waals surface area contributed by atoms with Crippen LogP contribution in [0.2, 0.25) is 0 Å². The van der Waals surface area contributed by atoms with Crippen LogP contribution in [-0.4, -0.2) is 90.6 Å². The number of rotatable bonds is 9. The molecule has 1 heterocycles. The lowest BCUT2D eigenvalue weighted by molar-refractivity contribution is -0.141. The number of amides is 5. The molecule has 11 nitrogen and oxygen atoms in total. The van der Waals surface area contributed by atoms with Crippen molar-refractivity contribution in [1.82, 2.24) is 14.7 Å². The zero-order chi connectivity index (χ0) is 29.2. The average molecular weight is 554 g/mol. The van der Waals surface area contributed by atoms with E-state index in [9.17, 15) is 19.2 Å². The highest BCUT2D eigenvalue weighted by atomic mass is 16.5. The summed E-state index contributed by atoms with van der Waals surface area (Å²) in [6.45, 7) is 5.50. The van der Waals surface area contributed by atoms with Crippen LogP contribution in [0.5, 0.6) is 5.75 Å². The molecule has 0 aliphatic carbocycles. The van der Waals surface area contributed by atoms with Crippen molar-refractivity contribution in [2.24, 2.45) is 5.92 Å². The number of methoxy groups -OCH3 is 1. The highest BCUT2D eigenvalue weighted by Crippen LogP contribution is 2.27. The maximum Gasteiger partial charge on any atom is 0.323 e. The van der Waals surface area contributed by atoms with Gasteiger partial charge in [0.1, 0.15) is 5.75 Å². The quantitative estimate of drug-likeness (QED) is 0.432. The highest BCUT2D eigenvalue weighted by molar-refractivity contribution is 6.01. The molecule has 0 radical (unpaired) electrons. The lowest BCUT2D eigenvalue weighted by atomic mass is 10.1. The number of carboxylic acid groups (broad SMARTS) is 1. The molecule has 2 aromatic carbocycles. The standard InChI is InChI=1S/C29H39N5O6/c1-20-8-5-6-9-23(20)30-28(38)31-24-12-10-22(18-25(24)40-4)11-13-26(35)33-14-7-15-34(17-16-33)29(39)32(3)19-21(2)27(36)37/h5-6,8-10,12,18,21H,7,11,13-17,19H2,1-4H3,(H,36,37)(H2,30,31,38). The largest absolute Gasteiger partial charge is 0.495 e. The number of ether oxygens (including phenoxy) is 1. The Morgan fingerprint density at radius 1 is 1.00 bits per heavy atom. The highest BCUT2D eigenvalue weighted by Gasteiger charge is 2.25. The molecule has 0 aromatic heterocycles. The number of nitrogens with zero attached hydrogens (tertiary/aromatic N) is 3. The Bertz CT molecular complexity index is 1220. The van der Waals surface area contributed by atoms with Gasteiger partial charge in [-0.15, -0.1) is 0 Å². The molecule has 11 heteroatoms. The van der Waals surface area contributed by atoms with Gasteiger partial charge in [-0.05, 0) is 49.1 Å². The third-order valence-electron chi connectivity index (χ3n) is 6.95. The summed E-state index contributed by atoms with van der Waals surface area (Å²) in [5.74, 6) is -1.10. The lowest BCUT2D eigenvalue weighted by Gasteiger charge is -2.28. The van der Waals surface area contributed by atoms with E-state index in [-0.39, 0.29) is 24.5 Å². The van der Waals surface area contributed by atoms with Gasteiger partial charge in [0.25, 0.3) is 0 Å². The number of benzene rings is 2. The minimum atomic E-state index is -0.945. The first kappa shape index (κ1) is 30.3. The van der Waals surface area contributed by atoms with Gasteiger partial charge in [0.15, 0.2) is 0 Å². The molecule has 3 rings (SSSR count). The number of aliphatic carboxylic acids is 1. The van der Waals surface area contributed by atoms with Crippen molar-refractivity contribution in [3.05, 3.63) is 53.6 Å². The van der Waals surface area contributed by atoms with Crippen molar-refractivity contribution in [2.45, 2.75) is 33.1 Å². The van der Waals surface area contributed by atoms with Crippen molar-refractivity contribution < 1.29 is 29.0 Å². The zero-order valence-corrected chi connectivity index (χ0v) is 23.6. The van der Waals surface area contributed by atoms with Gasteiger partial charge in [-0.2, -0.15) is 0 Å². The van der Waals surface area contributed by atoms with E-state index in [4.69, 9.17) is 9.84 Å². The molecule has 0 saturated carbocycles. The second-order valence-electron chi connectivity index (χ2n) is 10.1. The van der Waals surface area contributed by atoms with E-state index in [0.717, 1.165) is 16.8 Å². The van der Waals surface area contributed by atoms with Crippen molar-refractivity contribution in [3.8, 4) is 5.75 Å². The molecule has 1 aliphatic rings. The van der Waals surface area contributed by atoms with Gasteiger partial charge in [-0.3, -0.25) is 9.59 Å². The number of aryl methyl sites for hydroxylation is 2. The summed E-state index contributed by atoms with van der Waals surface area (Å²) in [6, 6.07) is 12.3. The second kappa shape index (κ2) is 14.2. The van der Waals surface area contributed by atoms with Gasteiger partial charge in [0.05, 0.1) is 18.7 Å².